The molecule has 2 aromatic heterocycles. The van der Waals surface area contributed by atoms with Crippen LogP contribution in [-0.2, 0) is 0 Å². The Morgan fingerprint density at radius 2 is 2.40 bits per heavy atom. The van der Waals surface area contributed by atoms with Crippen molar-refractivity contribution in [3.05, 3.63) is 24.5 Å². The van der Waals surface area contributed by atoms with E-state index in [4.69, 9.17) is 0 Å². The lowest BCUT2D eigenvalue weighted by atomic mass is 10.4. The molecule has 0 fully saturated rings. The lowest BCUT2D eigenvalue weighted by Crippen LogP contribution is -1.87. The average Bonchev–Trinajstić information content (AvgIpc) is 2.05. The molecule has 0 amide bonds. The van der Waals surface area contributed by atoms with Gasteiger partial charge in [0.2, 0.25) is 0 Å². The molecule has 4 nitrogen and oxygen atoms in total. The Labute approximate surface area is 56.9 Å². The number of pyridine rings is 1. The molecular weight excluding hydrogens is 128 g/mol. The highest BCUT2D eigenvalue weighted by Crippen LogP contribution is 2.00. The van der Waals surface area contributed by atoms with Gasteiger partial charge < -0.3 is 0 Å². The molecule has 2 rings (SSSR count). The maximum atomic E-state index is 3.98. The maximum absolute atomic E-state index is 3.98. The molecule has 4 heteroatoms. The first-order valence-corrected chi connectivity index (χ1v) is 2.77. The van der Waals surface area contributed by atoms with E-state index >= 15 is 0 Å². The molecule has 0 aliphatic rings. The zero-order chi connectivity index (χ0) is 6.81. The van der Waals surface area contributed by atoms with Gasteiger partial charge in [0.25, 0.3) is 0 Å². The summed E-state index contributed by atoms with van der Waals surface area (Å²) in [5.74, 6) is 0. The van der Waals surface area contributed by atoms with Gasteiger partial charge in [-0.25, -0.2) is 0 Å². The topological polar surface area (TPSA) is 51.6 Å². The van der Waals surface area contributed by atoms with Crippen molar-refractivity contribution in [2.45, 2.75) is 0 Å². The summed E-state index contributed by atoms with van der Waals surface area (Å²) in [7, 11) is 0. The van der Waals surface area contributed by atoms with E-state index in [1.165, 1.54) is 0 Å². The summed E-state index contributed by atoms with van der Waals surface area (Å²) < 4.78 is 0. The molecular formula is C6H3N4. The molecule has 2 heterocycles. The van der Waals surface area contributed by atoms with Gasteiger partial charge in [-0.15, -0.1) is 10.2 Å². The minimum atomic E-state index is 0.650. The smallest absolute Gasteiger partial charge is 0.123 e. The summed E-state index contributed by atoms with van der Waals surface area (Å²) in [6.07, 6.45) is 3.20. The lowest BCUT2D eigenvalue weighted by molar-refractivity contribution is 0.891. The molecule has 0 aromatic carbocycles. The third-order valence-corrected chi connectivity index (χ3v) is 1.13. The quantitative estimate of drug-likeness (QED) is 0.513. The second-order valence-electron chi connectivity index (χ2n) is 1.76. The van der Waals surface area contributed by atoms with Crippen LogP contribution in [0.25, 0.3) is 11.0 Å². The predicted octanol–water partition coefficient (Wildman–Crippen LogP) is 0.220. The Morgan fingerprint density at radius 1 is 1.40 bits per heavy atom. The first-order chi connectivity index (χ1) is 4.97. The molecule has 0 bridgehead atoms. The third-order valence-electron chi connectivity index (χ3n) is 1.13. The van der Waals surface area contributed by atoms with Crippen molar-refractivity contribution in [2.75, 3.05) is 0 Å². The van der Waals surface area contributed by atoms with Crippen LogP contribution in [0.3, 0.4) is 0 Å². The molecule has 10 heavy (non-hydrogen) atoms. The van der Waals surface area contributed by atoms with Gasteiger partial charge in [0, 0.05) is 12.3 Å². The molecule has 0 N–H and O–H groups in total. The second kappa shape index (κ2) is 1.98. The molecule has 47 valence electrons. The van der Waals surface area contributed by atoms with E-state index in [-0.39, 0.29) is 0 Å². The Kier molecular flexibility index (Phi) is 1.04. The highest BCUT2D eigenvalue weighted by molar-refractivity contribution is 5.70. The SMILES string of the molecule is [c]1ccnc2cnnnc12. The molecule has 0 spiro atoms. The summed E-state index contributed by atoms with van der Waals surface area (Å²) in [6.45, 7) is 0. The van der Waals surface area contributed by atoms with Crippen molar-refractivity contribution in [3.63, 3.8) is 0 Å². The molecule has 0 atom stereocenters. The summed E-state index contributed by atoms with van der Waals surface area (Å²) in [5, 5.41) is 10.7. The van der Waals surface area contributed by atoms with Crippen molar-refractivity contribution in [2.24, 2.45) is 0 Å². The summed E-state index contributed by atoms with van der Waals surface area (Å²) in [5.41, 5.74) is 1.37. The summed E-state index contributed by atoms with van der Waals surface area (Å²) in [6, 6.07) is 4.57. The van der Waals surface area contributed by atoms with Crippen molar-refractivity contribution in [1.29, 1.82) is 0 Å². The lowest BCUT2D eigenvalue weighted by Gasteiger charge is -1.87. The number of hydrogen-bond donors (Lipinski definition) is 0. The Balaban J connectivity index is 2.89. The van der Waals surface area contributed by atoms with E-state index in [0.29, 0.717) is 5.52 Å². The van der Waals surface area contributed by atoms with Gasteiger partial charge in [-0.3, -0.25) is 4.98 Å². The van der Waals surface area contributed by atoms with E-state index in [1.807, 2.05) is 0 Å². The van der Waals surface area contributed by atoms with Crippen LogP contribution >= 0.6 is 0 Å². The second-order valence-corrected chi connectivity index (χ2v) is 1.76. The van der Waals surface area contributed by atoms with Gasteiger partial charge in [0.15, 0.2) is 0 Å². The van der Waals surface area contributed by atoms with Crippen LogP contribution in [0.15, 0.2) is 18.5 Å². The van der Waals surface area contributed by atoms with Crippen molar-refractivity contribution >= 4 is 11.0 Å². The highest BCUT2D eigenvalue weighted by atomic mass is 15.3. The van der Waals surface area contributed by atoms with Crippen LogP contribution in [0.1, 0.15) is 0 Å². The first kappa shape index (κ1) is 5.22. The van der Waals surface area contributed by atoms with E-state index in [9.17, 15) is 0 Å². The first-order valence-electron chi connectivity index (χ1n) is 2.77. The molecule has 0 aliphatic heterocycles. The van der Waals surface area contributed by atoms with Crippen molar-refractivity contribution in [3.8, 4) is 0 Å². The van der Waals surface area contributed by atoms with E-state index in [0.717, 1.165) is 5.52 Å². The van der Waals surface area contributed by atoms with Crippen LogP contribution < -0.4 is 0 Å². The fourth-order valence-corrected chi connectivity index (χ4v) is 0.694. The molecule has 1 radical (unpaired) electrons. The monoisotopic (exact) mass is 131 g/mol. The molecule has 0 unspecified atom stereocenters. The van der Waals surface area contributed by atoms with Gasteiger partial charge >= 0.3 is 0 Å². The Bertz CT molecular complexity index is 281. The fraction of sp³-hybridized carbons (Fsp3) is 0. The molecule has 0 saturated carbocycles. The van der Waals surface area contributed by atoms with Crippen LogP contribution in [0.2, 0.25) is 0 Å². The van der Waals surface area contributed by atoms with E-state index < -0.39 is 0 Å². The molecule has 0 aliphatic carbocycles. The minimum absolute atomic E-state index is 0.650. The normalized spacial score (nSPS) is 10.0. The van der Waals surface area contributed by atoms with Gasteiger partial charge in [-0.05, 0) is 11.3 Å². The molecule has 2 aromatic rings. The summed E-state index contributed by atoms with van der Waals surface area (Å²) >= 11 is 0. The van der Waals surface area contributed by atoms with Crippen molar-refractivity contribution in [1.82, 2.24) is 20.4 Å². The highest BCUT2D eigenvalue weighted by Gasteiger charge is 1.91. The van der Waals surface area contributed by atoms with Crippen LogP contribution in [0.4, 0.5) is 0 Å². The predicted molar refractivity (Wildman–Crippen MR) is 34.0 cm³/mol. The number of nitrogens with zero attached hydrogens (tertiary/aromatic N) is 4. The number of fused-ring (bicyclic) bond motifs is 1. The zero-order valence-electron chi connectivity index (χ0n) is 5.02. The van der Waals surface area contributed by atoms with Crippen LogP contribution in [0, 0.1) is 6.07 Å². The largest absolute Gasteiger partial charge is 0.253 e. The van der Waals surface area contributed by atoms with E-state index in [1.54, 1.807) is 18.5 Å². The number of hydrogen-bond acceptors (Lipinski definition) is 4. The third kappa shape index (κ3) is 0.699. The van der Waals surface area contributed by atoms with Crippen LogP contribution in [-0.4, -0.2) is 20.4 Å². The average molecular weight is 131 g/mol. The standard InChI is InChI=1S/C6H3N4/c1-2-5-6(7-3-1)4-8-10-9-5/h1,3-4H. The fourth-order valence-electron chi connectivity index (χ4n) is 0.694. The number of rotatable bonds is 0. The van der Waals surface area contributed by atoms with Gasteiger partial charge in [0.05, 0.1) is 6.20 Å². The molecule has 0 saturated heterocycles. The van der Waals surface area contributed by atoms with Crippen molar-refractivity contribution < 1.29 is 0 Å². The van der Waals surface area contributed by atoms with Gasteiger partial charge in [-0.1, -0.05) is 0 Å². The van der Waals surface area contributed by atoms with Crippen LogP contribution in [0.5, 0.6) is 0 Å². The minimum Gasteiger partial charge on any atom is -0.253 e. The van der Waals surface area contributed by atoms with Gasteiger partial charge in [0.1, 0.15) is 11.0 Å². The zero-order valence-corrected chi connectivity index (χ0v) is 5.02. The Morgan fingerprint density at radius 3 is 3.30 bits per heavy atom. The number of aromatic nitrogens is 4. The van der Waals surface area contributed by atoms with E-state index in [2.05, 4.69) is 26.5 Å². The Hall–Kier alpha value is -1.58. The van der Waals surface area contributed by atoms with Gasteiger partial charge in [-0.2, -0.15) is 0 Å². The summed E-state index contributed by atoms with van der Waals surface area (Å²) in [4.78, 5) is 3.98. The maximum Gasteiger partial charge on any atom is 0.123 e.